The van der Waals surface area contributed by atoms with E-state index in [4.69, 9.17) is 23.1 Å². The van der Waals surface area contributed by atoms with E-state index in [0.29, 0.717) is 0 Å². The van der Waals surface area contributed by atoms with E-state index in [-0.39, 0.29) is 6.61 Å². The zero-order valence-corrected chi connectivity index (χ0v) is 23.1. The maximum atomic E-state index is 12.8. The van der Waals surface area contributed by atoms with Gasteiger partial charge < -0.3 is 53.9 Å². The molecule has 2 rings (SSSR count). The van der Waals surface area contributed by atoms with Crippen molar-refractivity contribution in [3.05, 3.63) is 0 Å². The van der Waals surface area contributed by atoms with Gasteiger partial charge in [-0.1, -0.05) is 0 Å². The van der Waals surface area contributed by atoms with Gasteiger partial charge in [-0.05, 0) is 39.3 Å². The molecule has 1 amide bonds. The zero-order valence-electron chi connectivity index (χ0n) is 21.1. The average molecular weight is 542 g/mol. The summed E-state index contributed by atoms with van der Waals surface area (Å²) in [5.41, 5.74) is 0. The fourth-order valence-electron chi connectivity index (χ4n) is 3.61. The van der Waals surface area contributed by atoms with Crippen molar-refractivity contribution in [2.45, 2.75) is 108 Å². The molecule has 2 heterocycles. The Kier molecular flexibility index (Phi) is 10.0. The molecule has 4 unspecified atom stereocenters. The highest BCUT2D eigenvalue weighted by atomic mass is 28.4. The van der Waals surface area contributed by atoms with E-state index in [1.165, 1.54) is 6.92 Å². The normalized spacial score (nSPS) is 38.6. The molecule has 2 aliphatic heterocycles. The number of aliphatic hydroxyl groups is 5. The predicted molar refractivity (Wildman–Crippen MR) is 125 cm³/mol. The van der Waals surface area contributed by atoms with Crippen molar-refractivity contribution in [2.24, 2.45) is 0 Å². The first-order valence-corrected chi connectivity index (χ1v) is 18.2. The summed E-state index contributed by atoms with van der Waals surface area (Å²) >= 11 is 0. The molecule has 204 valence electrons. The molecule has 0 aromatic carbocycles. The third-order valence-corrected chi connectivity index (χ3v) is 7.09. The minimum absolute atomic E-state index is 0.0905. The van der Waals surface area contributed by atoms with E-state index in [9.17, 15) is 35.1 Å². The van der Waals surface area contributed by atoms with Gasteiger partial charge in [0, 0.05) is 6.92 Å². The van der Waals surface area contributed by atoms with Crippen molar-refractivity contribution >= 4 is 28.5 Å². The minimum Gasteiger partial charge on any atom is -0.518 e. The zero-order chi connectivity index (χ0) is 26.9. The second-order valence-corrected chi connectivity index (χ2v) is 19.7. The molecular weight excluding hydrogens is 502 g/mol. The summed E-state index contributed by atoms with van der Waals surface area (Å²) in [7, 11) is -4.47. The summed E-state index contributed by atoms with van der Waals surface area (Å²) in [4.78, 5) is 24.6. The standard InChI is InChI=1S/C20H39NO12Si2/c1-9(22)21-11-13(24)12(23)10(8-29-34(2,3)4)30-20(11)32-16-14(25)15(26)18(27)31-17(16)19(28)33-35(5,6)7/h10-18,20,23-27H,8H2,1-7H3,(H,21,22)/t10-,11-,12?,13-,14-,15-,16?,17+,18?,20?/m1/s1. The van der Waals surface area contributed by atoms with Crippen molar-refractivity contribution in [3.63, 3.8) is 0 Å². The van der Waals surface area contributed by atoms with E-state index >= 15 is 0 Å². The lowest BCUT2D eigenvalue weighted by Crippen LogP contribution is -2.68. The SMILES string of the molecule is CC(=O)N[C@H]1C(OC2[C@@H](C(=O)O[Si](C)(C)C)OC(O)[C@H](O)[C@H]2O)O[C@H](CO[Si](C)(C)C)C(O)[C@@H]1O. The summed E-state index contributed by atoms with van der Waals surface area (Å²) in [6, 6.07) is -1.31. The van der Waals surface area contributed by atoms with Gasteiger partial charge in [0.25, 0.3) is 0 Å². The number of carbonyl (C=O) groups excluding carboxylic acids is 2. The Labute approximate surface area is 206 Å². The Hall–Kier alpha value is -0.986. The highest BCUT2D eigenvalue weighted by Crippen LogP contribution is 2.30. The number of rotatable bonds is 8. The lowest BCUT2D eigenvalue weighted by Gasteiger charge is -2.46. The van der Waals surface area contributed by atoms with E-state index < -0.39 is 89.9 Å². The van der Waals surface area contributed by atoms with Crippen LogP contribution in [0.1, 0.15) is 6.92 Å². The van der Waals surface area contributed by atoms with Crippen LogP contribution in [0.3, 0.4) is 0 Å². The van der Waals surface area contributed by atoms with E-state index in [2.05, 4.69) is 5.32 Å². The van der Waals surface area contributed by atoms with Gasteiger partial charge in [0.1, 0.15) is 42.7 Å². The molecule has 0 saturated carbocycles. The lowest BCUT2D eigenvalue weighted by molar-refractivity contribution is -0.335. The Bertz CT molecular complexity index is 745. The first kappa shape index (κ1) is 30.2. The maximum Gasteiger partial charge on any atom is 0.324 e. The monoisotopic (exact) mass is 541 g/mol. The fourth-order valence-corrected chi connectivity index (χ4v) is 5.00. The van der Waals surface area contributed by atoms with Gasteiger partial charge in [0.15, 0.2) is 27.0 Å². The third-order valence-electron chi connectivity index (χ3n) is 5.24. The van der Waals surface area contributed by atoms with Crippen LogP contribution in [0.4, 0.5) is 0 Å². The summed E-state index contributed by atoms with van der Waals surface area (Å²) in [5.74, 6) is -1.49. The van der Waals surface area contributed by atoms with Crippen LogP contribution < -0.4 is 5.32 Å². The lowest BCUT2D eigenvalue weighted by atomic mass is 9.95. The van der Waals surface area contributed by atoms with Crippen LogP contribution in [-0.2, 0) is 32.7 Å². The van der Waals surface area contributed by atoms with Crippen molar-refractivity contribution in [1.82, 2.24) is 5.32 Å². The first-order valence-electron chi connectivity index (χ1n) is 11.4. The van der Waals surface area contributed by atoms with Crippen molar-refractivity contribution < 1.29 is 58.2 Å². The molecule has 6 N–H and O–H groups in total. The predicted octanol–water partition coefficient (Wildman–Crippen LogP) is -2.01. The molecule has 0 aromatic rings. The third kappa shape index (κ3) is 8.26. The largest absolute Gasteiger partial charge is 0.518 e. The van der Waals surface area contributed by atoms with E-state index in [1.54, 1.807) is 19.6 Å². The van der Waals surface area contributed by atoms with Gasteiger partial charge in [-0.3, -0.25) is 9.59 Å². The minimum atomic E-state index is -2.43. The Morgan fingerprint density at radius 1 is 0.857 bits per heavy atom. The van der Waals surface area contributed by atoms with Crippen LogP contribution >= 0.6 is 0 Å². The molecule has 0 aliphatic carbocycles. The van der Waals surface area contributed by atoms with Crippen molar-refractivity contribution in [1.29, 1.82) is 0 Å². The molecule has 0 aromatic heterocycles. The second-order valence-electron chi connectivity index (χ2n) is 10.7. The summed E-state index contributed by atoms with van der Waals surface area (Å²) in [5, 5.41) is 54.5. The molecule has 2 fully saturated rings. The molecule has 0 spiro atoms. The van der Waals surface area contributed by atoms with Gasteiger partial charge in [-0.25, -0.2) is 0 Å². The number of nitrogens with one attached hydrogen (secondary N) is 1. The Balaban J connectivity index is 2.34. The van der Waals surface area contributed by atoms with Gasteiger partial charge in [0.2, 0.25) is 14.2 Å². The number of carbonyl (C=O) groups is 2. The van der Waals surface area contributed by atoms with Gasteiger partial charge in [-0.2, -0.15) is 0 Å². The number of hydrogen-bond donors (Lipinski definition) is 6. The number of aliphatic hydroxyl groups excluding tert-OH is 5. The quantitative estimate of drug-likeness (QED) is 0.185. The molecule has 13 nitrogen and oxygen atoms in total. The average Bonchev–Trinajstić information content (AvgIpc) is 2.70. The summed E-state index contributed by atoms with van der Waals surface area (Å²) in [6.07, 6.45) is -14.4. The maximum absolute atomic E-state index is 12.8. The highest BCUT2D eigenvalue weighted by Gasteiger charge is 2.53. The summed E-state index contributed by atoms with van der Waals surface area (Å²) in [6.45, 7) is 12.1. The number of hydrogen-bond acceptors (Lipinski definition) is 12. The van der Waals surface area contributed by atoms with Crippen LogP contribution in [-0.4, -0.2) is 122 Å². The summed E-state index contributed by atoms with van der Waals surface area (Å²) < 4.78 is 28.1. The molecular formula is C20H39NO12Si2. The van der Waals surface area contributed by atoms with Crippen LogP contribution in [0.15, 0.2) is 0 Å². The van der Waals surface area contributed by atoms with E-state index in [1.807, 2.05) is 19.6 Å². The molecule has 10 atom stereocenters. The van der Waals surface area contributed by atoms with Gasteiger partial charge >= 0.3 is 5.97 Å². The second kappa shape index (κ2) is 11.6. The van der Waals surface area contributed by atoms with E-state index in [0.717, 1.165) is 0 Å². The number of amides is 1. The van der Waals surface area contributed by atoms with Crippen molar-refractivity contribution in [3.8, 4) is 0 Å². The van der Waals surface area contributed by atoms with Gasteiger partial charge in [0.05, 0.1) is 6.61 Å². The highest BCUT2D eigenvalue weighted by molar-refractivity contribution is 6.71. The molecule has 2 aliphatic rings. The fraction of sp³-hybridized carbons (Fsp3) is 0.900. The molecule has 0 bridgehead atoms. The molecule has 15 heteroatoms. The number of ether oxygens (including phenoxy) is 3. The first-order chi connectivity index (χ1) is 15.9. The van der Waals surface area contributed by atoms with Crippen LogP contribution in [0, 0.1) is 0 Å². The molecule has 2 saturated heterocycles. The van der Waals surface area contributed by atoms with Crippen LogP contribution in [0.2, 0.25) is 39.3 Å². The molecule has 0 radical (unpaired) electrons. The molecule has 35 heavy (non-hydrogen) atoms. The van der Waals surface area contributed by atoms with Gasteiger partial charge in [-0.15, -0.1) is 0 Å². The van der Waals surface area contributed by atoms with Crippen LogP contribution in [0.5, 0.6) is 0 Å². The van der Waals surface area contributed by atoms with Crippen molar-refractivity contribution in [2.75, 3.05) is 6.61 Å². The van der Waals surface area contributed by atoms with Crippen LogP contribution in [0.25, 0.3) is 0 Å². The topological polar surface area (TPSA) is 193 Å². The smallest absolute Gasteiger partial charge is 0.324 e. The Morgan fingerprint density at radius 2 is 1.46 bits per heavy atom. The Morgan fingerprint density at radius 3 is 1.97 bits per heavy atom.